The normalized spacial score (nSPS) is 10.3. The summed E-state index contributed by atoms with van der Waals surface area (Å²) in [6.07, 6.45) is 7.01. The number of nitrogens with one attached hydrogen (secondary N) is 1. The molecule has 0 aliphatic heterocycles. The molecule has 0 radical (unpaired) electrons. The van der Waals surface area contributed by atoms with Crippen molar-refractivity contribution in [2.24, 2.45) is 0 Å². The number of hydrogen-bond acceptors (Lipinski definition) is 4. The third kappa shape index (κ3) is 2.84. The first kappa shape index (κ1) is 10.7. The van der Waals surface area contributed by atoms with Gasteiger partial charge in [-0.15, -0.1) is 0 Å². The van der Waals surface area contributed by atoms with Crippen LogP contribution in [-0.4, -0.2) is 15.0 Å². The molecule has 0 atom stereocenters. The highest BCUT2D eigenvalue weighted by Gasteiger charge is 1.97. The van der Waals surface area contributed by atoms with E-state index in [1.165, 1.54) is 11.1 Å². The maximum Gasteiger partial charge on any atom is 0.115 e. The number of aryl methyl sites for hydroxylation is 1. The van der Waals surface area contributed by atoms with E-state index in [0.29, 0.717) is 0 Å². The predicted octanol–water partition coefficient (Wildman–Crippen LogP) is 1.47. The van der Waals surface area contributed by atoms with Crippen LogP contribution in [0.4, 0.5) is 0 Å². The maximum absolute atomic E-state index is 4.14. The number of nitrogens with zero attached hydrogens (tertiary/aromatic N) is 3. The molecule has 2 aromatic heterocycles. The second-order valence-electron chi connectivity index (χ2n) is 3.61. The zero-order valence-electron chi connectivity index (χ0n) is 9.22. The topological polar surface area (TPSA) is 50.7 Å². The summed E-state index contributed by atoms with van der Waals surface area (Å²) in [4.78, 5) is 12.1. The molecular formula is C12H14N4. The second-order valence-corrected chi connectivity index (χ2v) is 3.61. The molecule has 16 heavy (non-hydrogen) atoms. The molecule has 0 aromatic carbocycles. The Hall–Kier alpha value is -1.81. The summed E-state index contributed by atoms with van der Waals surface area (Å²) in [5.74, 6) is 0. The first-order valence-electron chi connectivity index (χ1n) is 5.21. The van der Waals surface area contributed by atoms with Gasteiger partial charge in [-0.05, 0) is 30.2 Å². The minimum absolute atomic E-state index is 0.747. The van der Waals surface area contributed by atoms with E-state index in [2.05, 4.69) is 27.2 Å². The van der Waals surface area contributed by atoms with Gasteiger partial charge in [-0.2, -0.15) is 0 Å². The van der Waals surface area contributed by atoms with Crippen molar-refractivity contribution in [3.8, 4) is 0 Å². The van der Waals surface area contributed by atoms with Gasteiger partial charge in [-0.3, -0.25) is 4.98 Å². The highest BCUT2D eigenvalue weighted by molar-refractivity contribution is 5.21. The Labute approximate surface area is 94.8 Å². The smallest absolute Gasteiger partial charge is 0.115 e. The van der Waals surface area contributed by atoms with Gasteiger partial charge in [0.25, 0.3) is 0 Å². The van der Waals surface area contributed by atoms with Crippen molar-refractivity contribution in [3.63, 3.8) is 0 Å². The number of rotatable bonds is 4. The van der Waals surface area contributed by atoms with E-state index in [-0.39, 0.29) is 0 Å². The predicted molar refractivity (Wildman–Crippen MR) is 61.5 cm³/mol. The molecule has 0 bridgehead atoms. The monoisotopic (exact) mass is 214 g/mol. The van der Waals surface area contributed by atoms with E-state index in [0.717, 1.165) is 18.8 Å². The second kappa shape index (κ2) is 5.32. The van der Waals surface area contributed by atoms with Crippen LogP contribution in [0.2, 0.25) is 0 Å². The van der Waals surface area contributed by atoms with Gasteiger partial charge in [0.15, 0.2) is 0 Å². The van der Waals surface area contributed by atoms with Crippen molar-refractivity contribution in [1.29, 1.82) is 0 Å². The van der Waals surface area contributed by atoms with Crippen LogP contribution in [0.15, 0.2) is 37.1 Å². The van der Waals surface area contributed by atoms with Gasteiger partial charge in [0.1, 0.15) is 6.33 Å². The lowest BCUT2D eigenvalue weighted by Crippen LogP contribution is -2.14. The van der Waals surface area contributed by atoms with Crippen molar-refractivity contribution in [2.75, 3.05) is 0 Å². The van der Waals surface area contributed by atoms with Crippen molar-refractivity contribution in [1.82, 2.24) is 20.3 Å². The quantitative estimate of drug-likeness (QED) is 0.837. The van der Waals surface area contributed by atoms with E-state index in [1.54, 1.807) is 12.5 Å². The van der Waals surface area contributed by atoms with Crippen LogP contribution in [0, 0.1) is 6.92 Å². The van der Waals surface area contributed by atoms with Crippen LogP contribution in [0.5, 0.6) is 0 Å². The Morgan fingerprint density at radius 1 is 1.12 bits per heavy atom. The average molecular weight is 214 g/mol. The Morgan fingerprint density at radius 3 is 2.75 bits per heavy atom. The summed E-state index contributed by atoms with van der Waals surface area (Å²) >= 11 is 0. The van der Waals surface area contributed by atoms with Gasteiger partial charge in [0.05, 0.1) is 5.69 Å². The largest absolute Gasteiger partial charge is 0.307 e. The molecule has 0 saturated carbocycles. The molecule has 0 saturated heterocycles. The molecule has 2 heterocycles. The molecule has 82 valence electrons. The lowest BCUT2D eigenvalue weighted by Gasteiger charge is -2.06. The molecule has 0 aliphatic rings. The fourth-order valence-electron chi connectivity index (χ4n) is 1.43. The Balaban J connectivity index is 1.87. The minimum atomic E-state index is 0.747. The molecule has 0 amide bonds. The Bertz CT molecular complexity index is 442. The van der Waals surface area contributed by atoms with E-state index in [4.69, 9.17) is 0 Å². The molecule has 4 nitrogen and oxygen atoms in total. The van der Waals surface area contributed by atoms with Crippen LogP contribution in [0.3, 0.4) is 0 Å². The molecule has 0 spiro atoms. The number of pyridine rings is 1. The van der Waals surface area contributed by atoms with Gasteiger partial charge in [0, 0.05) is 31.7 Å². The summed E-state index contributed by atoms with van der Waals surface area (Å²) in [6.45, 7) is 3.64. The van der Waals surface area contributed by atoms with Crippen molar-refractivity contribution >= 4 is 0 Å². The van der Waals surface area contributed by atoms with Gasteiger partial charge >= 0.3 is 0 Å². The fourth-order valence-corrected chi connectivity index (χ4v) is 1.43. The molecule has 0 unspecified atom stereocenters. The first-order valence-corrected chi connectivity index (χ1v) is 5.21. The molecule has 4 heteroatoms. The van der Waals surface area contributed by atoms with Gasteiger partial charge in [-0.1, -0.05) is 0 Å². The van der Waals surface area contributed by atoms with Crippen LogP contribution in [0.25, 0.3) is 0 Å². The third-order valence-corrected chi connectivity index (χ3v) is 2.41. The highest BCUT2D eigenvalue weighted by atomic mass is 14.9. The summed E-state index contributed by atoms with van der Waals surface area (Å²) in [5, 5.41) is 3.33. The summed E-state index contributed by atoms with van der Waals surface area (Å²) < 4.78 is 0. The maximum atomic E-state index is 4.14. The van der Waals surface area contributed by atoms with Crippen LogP contribution < -0.4 is 5.32 Å². The zero-order chi connectivity index (χ0) is 11.2. The third-order valence-electron chi connectivity index (χ3n) is 2.41. The van der Waals surface area contributed by atoms with Crippen LogP contribution in [0.1, 0.15) is 16.8 Å². The fraction of sp³-hybridized carbons (Fsp3) is 0.250. The van der Waals surface area contributed by atoms with Gasteiger partial charge in [0.2, 0.25) is 0 Å². The molecular weight excluding hydrogens is 200 g/mol. The number of hydrogen-bond donors (Lipinski definition) is 1. The zero-order valence-corrected chi connectivity index (χ0v) is 9.22. The average Bonchev–Trinajstić information content (AvgIpc) is 2.33. The molecule has 2 aromatic rings. The summed E-state index contributed by atoms with van der Waals surface area (Å²) in [5.41, 5.74) is 3.47. The molecule has 0 aliphatic carbocycles. The lowest BCUT2D eigenvalue weighted by molar-refractivity contribution is 0.673. The lowest BCUT2D eigenvalue weighted by atomic mass is 10.1. The number of aromatic nitrogens is 3. The highest BCUT2D eigenvalue weighted by Crippen LogP contribution is 2.04. The van der Waals surface area contributed by atoms with Crippen LogP contribution >= 0.6 is 0 Å². The molecule has 0 fully saturated rings. The van der Waals surface area contributed by atoms with E-state index in [1.807, 2.05) is 24.5 Å². The van der Waals surface area contributed by atoms with E-state index in [9.17, 15) is 0 Å². The molecule has 2 rings (SSSR count). The van der Waals surface area contributed by atoms with Gasteiger partial charge in [-0.25, -0.2) is 9.97 Å². The van der Waals surface area contributed by atoms with Crippen molar-refractivity contribution in [3.05, 3.63) is 53.9 Å². The standard InChI is InChI=1S/C12H14N4/c1-10-2-4-13-6-11(10)7-15-8-12-3-5-14-9-16-12/h2-6,9,15H,7-8H2,1H3. The Morgan fingerprint density at radius 2 is 2.00 bits per heavy atom. The minimum Gasteiger partial charge on any atom is -0.307 e. The van der Waals surface area contributed by atoms with E-state index < -0.39 is 0 Å². The van der Waals surface area contributed by atoms with Crippen molar-refractivity contribution in [2.45, 2.75) is 20.0 Å². The Kier molecular flexibility index (Phi) is 3.56. The van der Waals surface area contributed by atoms with Gasteiger partial charge < -0.3 is 5.32 Å². The summed E-state index contributed by atoms with van der Waals surface area (Å²) in [6, 6.07) is 3.92. The van der Waals surface area contributed by atoms with Crippen LogP contribution in [-0.2, 0) is 13.1 Å². The summed E-state index contributed by atoms with van der Waals surface area (Å²) in [7, 11) is 0. The van der Waals surface area contributed by atoms with Crippen molar-refractivity contribution < 1.29 is 0 Å². The molecule has 1 N–H and O–H groups in total. The SMILES string of the molecule is Cc1ccncc1CNCc1ccncn1. The van der Waals surface area contributed by atoms with E-state index >= 15 is 0 Å². The first-order chi connectivity index (χ1) is 7.86.